The molecule has 0 saturated carbocycles. The van der Waals surface area contributed by atoms with E-state index in [0.717, 1.165) is 27.0 Å². The van der Waals surface area contributed by atoms with Gasteiger partial charge in [-0.25, -0.2) is 4.90 Å². The standard InChI is InChI=1S/C20H21N3O6/c1-12-7-17(28-3)18(29-4)8-13(12)10-21(2)11-22-19(24)15-6-5-14(23(26)27)9-16(15)20(22)25/h5-9H,10-11H2,1-4H3/p+1. The van der Waals surface area contributed by atoms with Crippen LogP contribution >= 0.6 is 0 Å². The van der Waals surface area contributed by atoms with Gasteiger partial charge in [0.15, 0.2) is 18.2 Å². The van der Waals surface area contributed by atoms with E-state index in [4.69, 9.17) is 9.47 Å². The number of quaternary nitrogens is 1. The molecule has 0 spiro atoms. The minimum Gasteiger partial charge on any atom is -0.493 e. The lowest BCUT2D eigenvalue weighted by Gasteiger charge is -2.21. The quantitative estimate of drug-likeness (QED) is 0.425. The first-order valence-corrected chi connectivity index (χ1v) is 8.94. The highest BCUT2D eigenvalue weighted by Crippen LogP contribution is 2.30. The third-order valence-electron chi connectivity index (χ3n) is 4.93. The van der Waals surface area contributed by atoms with Gasteiger partial charge >= 0.3 is 0 Å². The molecule has 29 heavy (non-hydrogen) atoms. The molecule has 0 fully saturated rings. The highest BCUT2D eigenvalue weighted by atomic mass is 16.6. The number of benzene rings is 2. The summed E-state index contributed by atoms with van der Waals surface area (Å²) in [5, 5.41) is 11.0. The summed E-state index contributed by atoms with van der Waals surface area (Å²) < 4.78 is 10.6. The van der Waals surface area contributed by atoms with E-state index in [9.17, 15) is 19.7 Å². The molecule has 1 heterocycles. The van der Waals surface area contributed by atoms with Crippen LogP contribution in [0.4, 0.5) is 5.69 Å². The van der Waals surface area contributed by atoms with Gasteiger partial charge in [-0.15, -0.1) is 0 Å². The average molecular weight is 400 g/mol. The van der Waals surface area contributed by atoms with Crippen molar-refractivity contribution in [3.63, 3.8) is 0 Å². The van der Waals surface area contributed by atoms with Crippen molar-refractivity contribution in [1.29, 1.82) is 0 Å². The topological polar surface area (TPSA) is 103 Å². The molecular weight excluding hydrogens is 378 g/mol. The molecule has 0 radical (unpaired) electrons. The molecular formula is C20H22N3O6+. The third-order valence-corrected chi connectivity index (χ3v) is 4.93. The smallest absolute Gasteiger partial charge is 0.270 e. The normalized spacial score (nSPS) is 14.0. The van der Waals surface area contributed by atoms with Crippen LogP contribution in [0.15, 0.2) is 30.3 Å². The maximum Gasteiger partial charge on any atom is 0.270 e. The molecule has 0 aromatic heterocycles. The zero-order chi connectivity index (χ0) is 21.3. The van der Waals surface area contributed by atoms with Gasteiger partial charge < -0.3 is 14.4 Å². The van der Waals surface area contributed by atoms with Crippen LogP contribution in [0.1, 0.15) is 31.8 Å². The minimum absolute atomic E-state index is 0.0688. The number of nitro benzene ring substituents is 1. The van der Waals surface area contributed by atoms with Gasteiger partial charge in [0.25, 0.3) is 17.5 Å². The lowest BCUT2D eigenvalue weighted by molar-refractivity contribution is -0.901. The van der Waals surface area contributed by atoms with Gasteiger partial charge in [0.2, 0.25) is 0 Å². The van der Waals surface area contributed by atoms with E-state index in [1.54, 1.807) is 14.2 Å². The first kappa shape index (κ1) is 20.3. The van der Waals surface area contributed by atoms with E-state index in [0.29, 0.717) is 18.0 Å². The number of hydrogen-bond acceptors (Lipinski definition) is 6. The summed E-state index contributed by atoms with van der Waals surface area (Å²) in [5.74, 6) is 0.280. The Hall–Kier alpha value is -3.46. The van der Waals surface area contributed by atoms with Crippen molar-refractivity contribution in [2.45, 2.75) is 13.5 Å². The molecule has 9 nitrogen and oxygen atoms in total. The molecule has 2 aromatic rings. The molecule has 1 atom stereocenters. The molecule has 9 heteroatoms. The summed E-state index contributed by atoms with van der Waals surface area (Å²) in [6, 6.07) is 7.48. The number of fused-ring (bicyclic) bond motifs is 1. The number of aryl methyl sites for hydroxylation is 1. The molecule has 2 amide bonds. The molecule has 2 aromatic carbocycles. The van der Waals surface area contributed by atoms with E-state index in [1.165, 1.54) is 12.1 Å². The number of amides is 2. The number of nitro groups is 1. The fourth-order valence-corrected chi connectivity index (χ4v) is 3.40. The second-order valence-electron chi connectivity index (χ2n) is 6.95. The Kier molecular flexibility index (Phi) is 5.51. The van der Waals surface area contributed by atoms with Gasteiger partial charge in [-0.05, 0) is 30.7 Å². The Balaban J connectivity index is 1.78. The number of carbonyl (C=O) groups is 2. The number of non-ortho nitro benzene ring substituents is 1. The van der Waals surface area contributed by atoms with Gasteiger partial charge in [0, 0.05) is 17.7 Å². The number of imide groups is 1. The van der Waals surface area contributed by atoms with Crippen molar-refractivity contribution in [3.05, 3.63) is 62.7 Å². The zero-order valence-electron chi connectivity index (χ0n) is 16.6. The largest absolute Gasteiger partial charge is 0.493 e. The highest BCUT2D eigenvalue weighted by Gasteiger charge is 2.38. The summed E-state index contributed by atoms with van der Waals surface area (Å²) in [5.41, 5.74) is 2.04. The van der Waals surface area contributed by atoms with Gasteiger partial charge in [-0.2, -0.15) is 0 Å². The van der Waals surface area contributed by atoms with Crippen LogP contribution in [-0.4, -0.2) is 49.6 Å². The van der Waals surface area contributed by atoms with Gasteiger partial charge in [0.1, 0.15) is 6.54 Å². The number of hydrogen-bond donors (Lipinski definition) is 1. The van der Waals surface area contributed by atoms with Crippen molar-refractivity contribution in [1.82, 2.24) is 4.90 Å². The maximum atomic E-state index is 12.7. The first-order valence-electron chi connectivity index (χ1n) is 8.94. The molecule has 0 saturated heterocycles. The van der Waals surface area contributed by atoms with Crippen LogP contribution < -0.4 is 14.4 Å². The van der Waals surface area contributed by atoms with Crippen molar-refractivity contribution in [2.75, 3.05) is 27.9 Å². The SMILES string of the molecule is COc1cc(C)c(C[NH+](C)CN2C(=O)c3ccc([N+](=O)[O-])cc3C2=O)cc1OC. The van der Waals surface area contributed by atoms with Crippen LogP contribution in [0.25, 0.3) is 0 Å². The molecule has 3 rings (SSSR count). The van der Waals surface area contributed by atoms with Crippen LogP contribution in [-0.2, 0) is 6.54 Å². The first-order chi connectivity index (χ1) is 13.8. The highest BCUT2D eigenvalue weighted by molar-refractivity contribution is 6.21. The van der Waals surface area contributed by atoms with Gasteiger partial charge in [0.05, 0.1) is 37.3 Å². The molecule has 1 aliphatic rings. The predicted octanol–water partition coefficient (Wildman–Crippen LogP) is 1.19. The van der Waals surface area contributed by atoms with Crippen molar-refractivity contribution < 1.29 is 28.9 Å². The van der Waals surface area contributed by atoms with Crippen LogP contribution in [0.5, 0.6) is 11.5 Å². The number of ether oxygens (including phenoxy) is 2. The van der Waals surface area contributed by atoms with Gasteiger partial charge in [-0.1, -0.05) is 0 Å². The van der Waals surface area contributed by atoms with E-state index in [1.807, 2.05) is 26.1 Å². The Bertz CT molecular complexity index is 1000. The molecule has 1 unspecified atom stereocenters. The Morgan fingerprint density at radius 3 is 2.28 bits per heavy atom. The van der Waals surface area contributed by atoms with E-state index < -0.39 is 16.7 Å². The number of nitrogens with zero attached hydrogens (tertiary/aromatic N) is 2. The number of methoxy groups -OCH3 is 2. The summed E-state index contributed by atoms with van der Waals surface area (Å²) in [7, 11) is 4.99. The molecule has 1 aliphatic heterocycles. The summed E-state index contributed by atoms with van der Waals surface area (Å²) in [6.45, 7) is 2.62. The van der Waals surface area contributed by atoms with Crippen LogP contribution in [0.2, 0.25) is 0 Å². The fraction of sp³-hybridized carbons (Fsp3) is 0.300. The number of rotatable bonds is 7. The van der Waals surface area contributed by atoms with E-state index in [2.05, 4.69) is 0 Å². The summed E-state index contributed by atoms with van der Waals surface area (Å²) in [6.07, 6.45) is 0. The molecule has 152 valence electrons. The van der Waals surface area contributed by atoms with Crippen molar-refractivity contribution in [3.8, 4) is 11.5 Å². The maximum absolute atomic E-state index is 12.7. The fourth-order valence-electron chi connectivity index (χ4n) is 3.40. The second kappa shape index (κ2) is 7.88. The Labute approximate surface area is 167 Å². The van der Waals surface area contributed by atoms with E-state index >= 15 is 0 Å². The average Bonchev–Trinajstić information content (AvgIpc) is 2.93. The molecule has 1 N–H and O–H groups in total. The van der Waals surface area contributed by atoms with Crippen molar-refractivity contribution >= 4 is 17.5 Å². The lowest BCUT2D eigenvalue weighted by Crippen LogP contribution is -3.09. The third kappa shape index (κ3) is 3.77. The van der Waals surface area contributed by atoms with Crippen LogP contribution in [0.3, 0.4) is 0 Å². The zero-order valence-corrected chi connectivity index (χ0v) is 16.6. The van der Waals surface area contributed by atoms with Gasteiger partial charge in [-0.3, -0.25) is 19.7 Å². The Morgan fingerprint density at radius 2 is 1.66 bits per heavy atom. The molecule has 0 bridgehead atoms. The predicted molar refractivity (Wildman–Crippen MR) is 103 cm³/mol. The second-order valence-corrected chi connectivity index (χ2v) is 6.95. The summed E-state index contributed by atoms with van der Waals surface area (Å²) in [4.78, 5) is 37.7. The van der Waals surface area contributed by atoms with E-state index in [-0.39, 0.29) is 23.5 Å². The Morgan fingerprint density at radius 1 is 1.03 bits per heavy atom. The number of carbonyl (C=O) groups excluding carboxylic acids is 2. The number of nitrogens with one attached hydrogen (secondary N) is 1. The lowest BCUT2D eigenvalue weighted by atomic mass is 10.1. The molecule has 0 aliphatic carbocycles. The monoisotopic (exact) mass is 400 g/mol. The van der Waals surface area contributed by atoms with Crippen LogP contribution in [0, 0.1) is 17.0 Å². The van der Waals surface area contributed by atoms with Crippen molar-refractivity contribution in [2.24, 2.45) is 0 Å². The summed E-state index contributed by atoms with van der Waals surface area (Å²) >= 11 is 0. The minimum atomic E-state index is -0.585.